The lowest BCUT2D eigenvalue weighted by Gasteiger charge is -2.15. The highest BCUT2D eigenvalue weighted by atomic mass is 35.7. The summed E-state index contributed by atoms with van der Waals surface area (Å²) < 4.78 is 28.0. The smallest absolute Gasteiger partial charge is 0.264 e. The number of hydrogen-bond acceptors (Lipinski definition) is 4. The summed E-state index contributed by atoms with van der Waals surface area (Å²) in [6.07, 6.45) is 0. The normalized spacial score (nSPS) is 12.8. The molecule has 0 spiro atoms. The van der Waals surface area contributed by atoms with Crippen molar-refractivity contribution in [1.29, 1.82) is 0 Å². The molecule has 0 aliphatic rings. The summed E-state index contributed by atoms with van der Waals surface area (Å²) in [5.74, 6) is -0.306. The summed E-state index contributed by atoms with van der Waals surface area (Å²) in [6.45, 7) is 2.20. The van der Waals surface area contributed by atoms with Crippen molar-refractivity contribution in [1.82, 2.24) is 5.32 Å². The number of methoxy groups -OCH3 is 1. The van der Waals surface area contributed by atoms with Crippen LogP contribution < -0.4 is 10.1 Å². The van der Waals surface area contributed by atoms with Crippen molar-refractivity contribution in [3.05, 3.63) is 23.8 Å². The summed E-state index contributed by atoms with van der Waals surface area (Å²) in [6, 6.07) is 4.70. The van der Waals surface area contributed by atoms with Crippen LogP contribution in [0.25, 0.3) is 0 Å². The number of nitrogens with one attached hydrogen (secondary N) is 1. The van der Waals surface area contributed by atoms with Crippen LogP contribution >= 0.6 is 22.3 Å². The van der Waals surface area contributed by atoms with E-state index in [4.69, 9.17) is 27.0 Å². The molecule has 5 nitrogen and oxygen atoms in total. The molecule has 0 aliphatic carbocycles. The summed E-state index contributed by atoms with van der Waals surface area (Å²) in [7, 11) is 2.84. The third-order valence-electron chi connectivity index (χ3n) is 2.75. The van der Waals surface area contributed by atoms with Crippen LogP contribution in [0.2, 0.25) is 0 Å². The van der Waals surface area contributed by atoms with Gasteiger partial charge in [-0.2, -0.15) is 0 Å². The molecule has 1 amide bonds. The fourth-order valence-corrected chi connectivity index (χ4v) is 2.75. The first kappa shape index (κ1) is 17.1. The van der Waals surface area contributed by atoms with Gasteiger partial charge in [-0.05, 0) is 23.6 Å². The number of rotatable bonds is 6. The van der Waals surface area contributed by atoms with Gasteiger partial charge < -0.3 is 10.1 Å². The molecule has 1 aromatic rings. The van der Waals surface area contributed by atoms with E-state index < -0.39 is 9.05 Å². The SMILES string of the molecule is COc1ccc(C(C)CNC(=O)CCl)cc1S(=O)(=O)Cl. The molecule has 0 aliphatic heterocycles. The summed E-state index contributed by atoms with van der Waals surface area (Å²) in [4.78, 5) is 11.0. The van der Waals surface area contributed by atoms with Crippen molar-refractivity contribution >= 4 is 37.2 Å². The number of halogens is 2. The average Bonchev–Trinajstić information content (AvgIpc) is 2.42. The summed E-state index contributed by atoms with van der Waals surface area (Å²) in [5, 5.41) is 2.63. The number of amides is 1. The molecule has 1 aromatic carbocycles. The van der Waals surface area contributed by atoms with E-state index in [1.807, 2.05) is 6.92 Å². The molecule has 112 valence electrons. The predicted molar refractivity (Wildman–Crippen MR) is 78.2 cm³/mol. The molecule has 0 saturated carbocycles. The second kappa shape index (κ2) is 7.15. The number of ether oxygens (including phenoxy) is 1. The molecule has 1 N–H and O–H groups in total. The monoisotopic (exact) mass is 339 g/mol. The maximum atomic E-state index is 11.5. The van der Waals surface area contributed by atoms with Gasteiger partial charge >= 0.3 is 0 Å². The van der Waals surface area contributed by atoms with Crippen LogP contribution in [-0.4, -0.2) is 33.9 Å². The van der Waals surface area contributed by atoms with Crippen LogP contribution in [0, 0.1) is 0 Å². The van der Waals surface area contributed by atoms with Crippen LogP contribution in [0.1, 0.15) is 18.4 Å². The van der Waals surface area contributed by atoms with E-state index in [9.17, 15) is 13.2 Å². The van der Waals surface area contributed by atoms with E-state index in [1.165, 1.54) is 19.2 Å². The first-order chi connectivity index (χ1) is 9.29. The van der Waals surface area contributed by atoms with Crippen LogP contribution in [0.5, 0.6) is 5.75 Å². The molecule has 0 saturated heterocycles. The molecule has 0 bridgehead atoms. The highest BCUT2D eigenvalue weighted by Gasteiger charge is 2.19. The van der Waals surface area contributed by atoms with Gasteiger partial charge in [-0.1, -0.05) is 13.0 Å². The quantitative estimate of drug-likeness (QED) is 0.636. The standard InChI is InChI=1S/C12H15Cl2NO4S/c1-8(7-15-12(16)6-13)9-3-4-10(19-2)11(5-9)20(14,17)18/h3-5,8H,6-7H2,1-2H3,(H,15,16). The molecule has 0 heterocycles. The zero-order valence-electron chi connectivity index (χ0n) is 11.0. The lowest BCUT2D eigenvalue weighted by Crippen LogP contribution is -2.28. The van der Waals surface area contributed by atoms with E-state index in [0.29, 0.717) is 6.54 Å². The average molecular weight is 340 g/mol. The Hall–Kier alpha value is -0.980. The Morgan fingerprint density at radius 3 is 2.60 bits per heavy atom. The molecular weight excluding hydrogens is 325 g/mol. The molecular formula is C12H15Cl2NO4S. The Morgan fingerprint density at radius 2 is 2.10 bits per heavy atom. The van der Waals surface area contributed by atoms with Crippen molar-refractivity contribution in [3.8, 4) is 5.75 Å². The molecule has 1 rings (SSSR count). The van der Waals surface area contributed by atoms with Gasteiger partial charge in [0.1, 0.15) is 16.5 Å². The van der Waals surface area contributed by atoms with Gasteiger partial charge in [0, 0.05) is 17.2 Å². The number of hydrogen-bond donors (Lipinski definition) is 1. The van der Waals surface area contributed by atoms with Gasteiger partial charge in [0.05, 0.1) is 7.11 Å². The van der Waals surface area contributed by atoms with Crippen LogP contribution in [-0.2, 0) is 13.8 Å². The van der Waals surface area contributed by atoms with Crippen molar-refractivity contribution in [3.63, 3.8) is 0 Å². The zero-order chi connectivity index (χ0) is 15.3. The molecule has 1 unspecified atom stereocenters. The van der Waals surface area contributed by atoms with Gasteiger partial charge in [0.2, 0.25) is 5.91 Å². The molecule has 20 heavy (non-hydrogen) atoms. The predicted octanol–water partition coefficient (Wildman–Crippen LogP) is 2.08. The van der Waals surface area contributed by atoms with Crippen molar-refractivity contribution in [2.45, 2.75) is 17.7 Å². The number of carbonyl (C=O) groups is 1. The van der Waals surface area contributed by atoms with Crippen LogP contribution in [0.4, 0.5) is 0 Å². The minimum Gasteiger partial charge on any atom is -0.495 e. The Labute approximate surface area is 127 Å². The second-order valence-corrected chi connectivity index (χ2v) is 6.99. The van der Waals surface area contributed by atoms with E-state index in [1.54, 1.807) is 6.07 Å². The van der Waals surface area contributed by atoms with E-state index in [0.717, 1.165) is 5.56 Å². The molecule has 0 fully saturated rings. The first-order valence-electron chi connectivity index (χ1n) is 5.74. The third-order valence-corrected chi connectivity index (χ3v) is 4.33. The fourth-order valence-electron chi connectivity index (χ4n) is 1.62. The Bertz CT molecular complexity index is 589. The lowest BCUT2D eigenvalue weighted by molar-refractivity contribution is -0.118. The van der Waals surface area contributed by atoms with E-state index in [2.05, 4.69) is 5.32 Å². The maximum absolute atomic E-state index is 11.5. The molecule has 1 atom stereocenters. The largest absolute Gasteiger partial charge is 0.495 e. The summed E-state index contributed by atoms with van der Waals surface area (Å²) in [5.41, 5.74) is 0.722. The molecule has 0 radical (unpaired) electrons. The van der Waals surface area contributed by atoms with Crippen LogP contribution in [0.15, 0.2) is 23.1 Å². The minimum absolute atomic E-state index is 0.0883. The van der Waals surface area contributed by atoms with Crippen molar-refractivity contribution in [2.75, 3.05) is 19.5 Å². The topological polar surface area (TPSA) is 72.5 Å². The van der Waals surface area contributed by atoms with Crippen LogP contribution in [0.3, 0.4) is 0 Å². The van der Waals surface area contributed by atoms with Gasteiger partial charge in [0.25, 0.3) is 9.05 Å². The van der Waals surface area contributed by atoms with Gasteiger partial charge in [-0.25, -0.2) is 8.42 Å². The zero-order valence-corrected chi connectivity index (χ0v) is 13.3. The summed E-state index contributed by atoms with van der Waals surface area (Å²) >= 11 is 5.38. The van der Waals surface area contributed by atoms with E-state index >= 15 is 0 Å². The Balaban J connectivity index is 3.00. The molecule has 0 aromatic heterocycles. The number of carbonyl (C=O) groups excluding carboxylic acids is 1. The Kier molecular flexibility index (Phi) is 6.10. The first-order valence-corrected chi connectivity index (χ1v) is 8.59. The number of alkyl halides is 1. The Morgan fingerprint density at radius 1 is 1.45 bits per heavy atom. The minimum atomic E-state index is -3.90. The highest BCUT2D eigenvalue weighted by Crippen LogP contribution is 2.30. The third kappa shape index (κ3) is 4.54. The highest BCUT2D eigenvalue weighted by molar-refractivity contribution is 8.13. The number of benzene rings is 1. The van der Waals surface area contributed by atoms with E-state index in [-0.39, 0.29) is 28.4 Å². The fraction of sp³-hybridized carbons (Fsp3) is 0.417. The van der Waals surface area contributed by atoms with Crippen molar-refractivity contribution in [2.24, 2.45) is 0 Å². The van der Waals surface area contributed by atoms with Gasteiger partial charge in [-0.3, -0.25) is 4.79 Å². The molecule has 8 heteroatoms. The second-order valence-electron chi connectivity index (χ2n) is 4.19. The van der Waals surface area contributed by atoms with Gasteiger partial charge in [0.15, 0.2) is 0 Å². The maximum Gasteiger partial charge on any atom is 0.264 e. The van der Waals surface area contributed by atoms with Gasteiger partial charge in [-0.15, -0.1) is 11.6 Å². The van der Waals surface area contributed by atoms with Crippen molar-refractivity contribution < 1.29 is 17.9 Å². The lowest BCUT2D eigenvalue weighted by atomic mass is 10.0.